The summed E-state index contributed by atoms with van der Waals surface area (Å²) in [5.41, 5.74) is 0.196. The van der Waals surface area contributed by atoms with Crippen molar-refractivity contribution in [2.24, 2.45) is 11.8 Å². The third-order valence-corrected chi connectivity index (χ3v) is 8.92. The molecule has 4 atom stereocenters. The van der Waals surface area contributed by atoms with E-state index >= 15 is 8.78 Å². The smallest absolute Gasteiger partial charge is 0.410 e. The van der Waals surface area contributed by atoms with Gasteiger partial charge in [0, 0.05) is 57.1 Å². The van der Waals surface area contributed by atoms with E-state index in [9.17, 15) is 24.2 Å². The largest absolute Gasteiger partial charge is 0.444 e. The maximum atomic E-state index is 15.8. The number of carbonyl (C=O) groups excluding carboxylic acids is 2. The van der Waals surface area contributed by atoms with Gasteiger partial charge >= 0.3 is 12.1 Å². The Hall–Kier alpha value is -4.14. The molecule has 0 spiro atoms. The normalized spacial score (nSPS) is 19.6. The van der Waals surface area contributed by atoms with Gasteiger partial charge in [0.25, 0.3) is 0 Å². The molecular formula is C36H46F3N5O6. The second-order valence-electron chi connectivity index (χ2n) is 14.0. The van der Waals surface area contributed by atoms with Crippen molar-refractivity contribution in [3.8, 4) is 11.3 Å². The van der Waals surface area contributed by atoms with Crippen molar-refractivity contribution >= 4 is 12.1 Å². The Labute approximate surface area is 290 Å². The van der Waals surface area contributed by atoms with Crippen molar-refractivity contribution in [2.75, 3.05) is 46.0 Å². The highest BCUT2D eigenvalue weighted by molar-refractivity contribution is 5.75. The lowest BCUT2D eigenvalue weighted by Gasteiger charge is -2.40. The van der Waals surface area contributed by atoms with Gasteiger partial charge in [-0.1, -0.05) is 30.3 Å². The van der Waals surface area contributed by atoms with Crippen LogP contribution in [0, 0.1) is 23.5 Å². The number of ether oxygens (including phenoxy) is 2. The summed E-state index contributed by atoms with van der Waals surface area (Å²) in [4.78, 5) is 34.7. The topological polar surface area (TPSA) is 129 Å². The van der Waals surface area contributed by atoms with Crippen LogP contribution in [0.15, 0.2) is 54.7 Å². The van der Waals surface area contributed by atoms with Crippen molar-refractivity contribution in [3.05, 3.63) is 77.8 Å². The van der Waals surface area contributed by atoms with Crippen LogP contribution in [0.3, 0.4) is 0 Å². The van der Waals surface area contributed by atoms with Gasteiger partial charge in [-0.2, -0.15) is 0 Å². The van der Waals surface area contributed by atoms with Crippen molar-refractivity contribution in [1.29, 1.82) is 0 Å². The number of aliphatic hydroxyl groups excluding tert-OH is 2. The van der Waals surface area contributed by atoms with Crippen LogP contribution >= 0.6 is 0 Å². The van der Waals surface area contributed by atoms with Crippen LogP contribution < -0.4 is 5.32 Å². The molecule has 2 aromatic carbocycles. The minimum Gasteiger partial charge on any atom is -0.444 e. The molecule has 2 aliphatic rings. The van der Waals surface area contributed by atoms with E-state index in [0.717, 1.165) is 23.8 Å². The molecule has 3 aromatic rings. The van der Waals surface area contributed by atoms with Gasteiger partial charge in [-0.25, -0.2) is 27.7 Å². The van der Waals surface area contributed by atoms with Crippen molar-refractivity contribution in [1.82, 2.24) is 24.7 Å². The van der Waals surface area contributed by atoms with E-state index in [4.69, 9.17) is 14.5 Å². The monoisotopic (exact) mass is 701 g/mol. The van der Waals surface area contributed by atoms with Crippen LogP contribution in [0.25, 0.3) is 11.3 Å². The summed E-state index contributed by atoms with van der Waals surface area (Å²) >= 11 is 0. The zero-order valence-electron chi connectivity index (χ0n) is 28.6. The first kappa shape index (κ1) is 37.1. The highest BCUT2D eigenvalue weighted by Crippen LogP contribution is 2.38. The summed E-state index contributed by atoms with van der Waals surface area (Å²) < 4.78 is 58.3. The van der Waals surface area contributed by atoms with Crippen LogP contribution in [0.4, 0.5) is 22.8 Å². The lowest BCUT2D eigenvalue weighted by Crippen LogP contribution is -2.50. The number of hydrogen-bond acceptors (Lipinski definition) is 7. The van der Waals surface area contributed by atoms with E-state index < -0.39 is 60.2 Å². The minimum absolute atomic E-state index is 0.0160. The number of imidazole rings is 1. The Morgan fingerprint density at radius 3 is 2.52 bits per heavy atom. The van der Waals surface area contributed by atoms with Crippen molar-refractivity contribution < 1.29 is 42.4 Å². The maximum Gasteiger partial charge on any atom is 0.410 e. The Kier molecular flexibility index (Phi) is 12.1. The lowest BCUT2D eigenvalue weighted by molar-refractivity contribution is 0.0231. The fraction of sp³-hybridized carbons (Fsp3) is 0.528. The average Bonchev–Trinajstić information content (AvgIpc) is 3.67. The Balaban J connectivity index is 1.59. The van der Waals surface area contributed by atoms with Crippen LogP contribution in [0.1, 0.15) is 51.0 Å². The molecule has 0 saturated carbocycles. The molecule has 0 bridgehead atoms. The van der Waals surface area contributed by atoms with Crippen LogP contribution in [0.5, 0.6) is 0 Å². The number of nitrogens with zero attached hydrogens (tertiary/aromatic N) is 4. The molecule has 2 saturated heterocycles. The van der Waals surface area contributed by atoms with E-state index in [1.54, 1.807) is 31.5 Å². The molecule has 0 aliphatic carbocycles. The summed E-state index contributed by atoms with van der Waals surface area (Å²) in [5, 5.41) is 22.2. The zero-order chi connectivity index (χ0) is 36.0. The first-order chi connectivity index (χ1) is 23.8. The first-order valence-corrected chi connectivity index (χ1v) is 16.9. The van der Waals surface area contributed by atoms with Crippen molar-refractivity contribution in [2.45, 2.75) is 64.1 Å². The molecule has 14 heteroatoms. The molecule has 3 amide bonds. The number of aliphatic hydroxyl groups is 2. The predicted octanol–water partition coefficient (Wildman–Crippen LogP) is 4.91. The second kappa shape index (κ2) is 16.3. The molecule has 11 nitrogen and oxygen atoms in total. The number of halogens is 3. The van der Waals surface area contributed by atoms with Crippen molar-refractivity contribution in [3.63, 3.8) is 0 Å². The maximum absolute atomic E-state index is 15.8. The van der Waals surface area contributed by atoms with Gasteiger partial charge in [-0.3, -0.25) is 0 Å². The van der Waals surface area contributed by atoms with Gasteiger partial charge in [0.15, 0.2) is 0 Å². The Bertz CT molecular complexity index is 1600. The van der Waals surface area contributed by atoms with E-state index in [-0.39, 0.29) is 49.9 Å². The number of amides is 3. The number of benzene rings is 2. The second-order valence-corrected chi connectivity index (χ2v) is 14.0. The molecule has 3 heterocycles. The number of carbonyl (C=O) groups is 2. The Morgan fingerprint density at radius 1 is 1.12 bits per heavy atom. The van der Waals surface area contributed by atoms with Gasteiger partial charge in [0.05, 0.1) is 31.0 Å². The average molecular weight is 702 g/mol. The molecule has 2 fully saturated rings. The van der Waals surface area contributed by atoms with E-state index in [1.165, 1.54) is 9.80 Å². The van der Waals surface area contributed by atoms with Gasteiger partial charge in [-0.15, -0.1) is 0 Å². The number of alkyl halides is 1. The number of rotatable bonds is 11. The van der Waals surface area contributed by atoms with Gasteiger partial charge < -0.3 is 39.4 Å². The number of aromatic nitrogens is 2. The summed E-state index contributed by atoms with van der Waals surface area (Å²) in [5.74, 6) is -2.01. The van der Waals surface area contributed by atoms with E-state index in [0.29, 0.717) is 31.9 Å². The molecule has 2 unspecified atom stereocenters. The highest BCUT2D eigenvalue weighted by atomic mass is 19.1. The summed E-state index contributed by atoms with van der Waals surface area (Å²) in [6.45, 7) is 4.98. The Morgan fingerprint density at radius 2 is 1.84 bits per heavy atom. The zero-order valence-corrected chi connectivity index (χ0v) is 28.6. The van der Waals surface area contributed by atoms with Crippen LogP contribution in [-0.2, 0) is 16.0 Å². The minimum atomic E-state index is -1.49. The molecule has 3 N–H and O–H groups in total. The van der Waals surface area contributed by atoms with Crippen LogP contribution in [0.2, 0.25) is 0 Å². The molecule has 0 radical (unpaired) electrons. The third kappa shape index (κ3) is 9.34. The fourth-order valence-electron chi connectivity index (χ4n) is 6.46. The van der Waals surface area contributed by atoms with E-state index in [2.05, 4.69) is 5.32 Å². The predicted molar refractivity (Wildman–Crippen MR) is 179 cm³/mol. The molecule has 5 rings (SSSR count). The molecule has 1 aromatic heterocycles. The first-order valence-electron chi connectivity index (χ1n) is 16.9. The molecular weight excluding hydrogens is 655 g/mol. The quantitative estimate of drug-likeness (QED) is 0.259. The summed E-state index contributed by atoms with van der Waals surface area (Å²) in [6.07, 6.45) is -0.737. The standard InChI is InChI=1S/C36H46F3N5O6/c1-36(2,3)50-35(48)43-18-25(30(39)20-43)19-44(34(47)40-16-27(46)22-45)32(24-11-13-49-14-12-24)33-41-31(28-15-26(37)9-10-29(28)38)21-42(33)17-23-7-5-4-6-8-23/h4-10,15,21,24-25,27,30,32,45-46H,11-14,16-20,22H2,1-3H3,(H,40,47)/t25-,27?,30-,32?/m0/s1. The molecule has 272 valence electrons. The van der Waals surface area contributed by atoms with E-state index in [1.807, 2.05) is 30.3 Å². The third-order valence-electron chi connectivity index (χ3n) is 8.92. The summed E-state index contributed by atoms with van der Waals surface area (Å²) in [6, 6.07) is 11.1. The molecule has 50 heavy (non-hydrogen) atoms. The van der Waals surface area contributed by atoms with Gasteiger partial charge in [0.1, 0.15) is 29.2 Å². The number of hydrogen-bond donors (Lipinski definition) is 3. The highest BCUT2D eigenvalue weighted by Gasteiger charge is 2.43. The molecule has 2 aliphatic heterocycles. The number of likely N-dealkylation sites (tertiary alicyclic amines) is 1. The van der Waals surface area contributed by atoms with Gasteiger partial charge in [0.2, 0.25) is 0 Å². The fourth-order valence-corrected chi connectivity index (χ4v) is 6.46. The SMILES string of the molecule is CC(C)(C)OC(=O)N1C[C@@H](CN(C(=O)NCC(O)CO)C(c2nc(-c3cc(F)ccc3F)cn2Cc2ccccc2)C2CCOCC2)[C@@H](F)C1. The lowest BCUT2D eigenvalue weighted by atomic mass is 9.89. The summed E-state index contributed by atoms with van der Waals surface area (Å²) in [7, 11) is 0. The van der Waals surface area contributed by atoms with Crippen LogP contribution in [-0.4, -0.2) is 106 Å². The number of urea groups is 1. The van der Waals surface area contributed by atoms with Gasteiger partial charge in [-0.05, 0) is 63.3 Å². The number of nitrogens with one attached hydrogen (secondary N) is 1.